The molecule has 2 heterocycles. The lowest BCUT2D eigenvalue weighted by Gasteiger charge is -2.32. The summed E-state index contributed by atoms with van der Waals surface area (Å²) >= 11 is 0. The highest BCUT2D eigenvalue weighted by Crippen LogP contribution is 2.15. The smallest absolute Gasteiger partial charge is 0.253 e. The third-order valence-electron chi connectivity index (χ3n) is 4.86. The van der Waals surface area contributed by atoms with Gasteiger partial charge in [0.15, 0.2) is 0 Å². The SMILES string of the molecule is CN1CCN(CCOc2cccc(/C=C/C(=O)N3CCC=CC3=O)c2)CC1. The molecule has 2 amide bonds. The summed E-state index contributed by atoms with van der Waals surface area (Å²) in [6.45, 7) is 6.35. The Morgan fingerprint density at radius 3 is 2.78 bits per heavy atom. The van der Waals surface area contributed by atoms with Gasteiger partial charge in [0, 0.05) is 45.3 Å². The first-order chi connectivity index (χ1) is 13.1. The summed E-state index contributed by atoms with van der Waals surface area (Å²) in [6.07, 6.45) is 7.12. The van der Waals surface area contributed by atoms with Gasteiger partial charge in [-0.1, -0.05) is 18.2 Å². The number of hydrogen-bond donors (Lipinski definition) is 0. The molecule has 0 unspecified atom stereocenters. The van der Waals surface area contributed by atoms with Gasteiger partial charge in [-0.2, -0.15) is 0 Å². The summed E-state index contributed by atoms with van der Waals surface area (Å²) < 4.78 is 5.87. The fourth-order valence-corrected chi connectivity index (χ4v) is 3.14. The van der Waals surface area contributed by atoms with Gasteiger partial charge in [-0.3, -0.25) is 19.4 Å². The van der Waals surface area contributed by atoms with Crippen LogP contribution in [-0.4, -0.2) is 79.4 Å². The molecule has 2 aliphatic rings. The van der Waals surface area contributed by atoms with E-state index in [0.29, 0.717) is 19.6 Å². The molecule has 1 fully saturated rings. The molecule has 0 N–H and O–H groups in total. The molecule has 3 rings (SSSR count). The molecular formula is C21H27N3O3. The number of carbonyl (C=O) groups is 2. The van der Waals surface area contributed by atoms with E-state index in [2.05, 4.69) is 16.8 Å². The van der Waals surface area contributed by atoms with Crippen LogP contribution in [0.15, 0.2) is 42.5 Å². The molecule has 1 aromatic rings. The minimum Gasteiger partial charge on any atom is -0.492 e. The Kier molecular flexibility index (Phi) is 6.79. The van der Waals surface area contributed by atoms with Gasteiger partial charge in [-0.15, -0.1) is 0 Å². The molecule has 0 aliphatic carbocycles. The first-order valence-electron chi connectivity index (χ1n) is 9.46. The lowest BCUT2D eigenvalue weighted by Crippen LogP contribution is -2.45. The highest BCUT2D eigenvalue weighted by molar-refractivity contribution is 6.06. The van der Waals surface area contributed by atoms with Crippen LogP contribution in [0.2, 0.25) is 0 Å². The average molecular weight is 369 g/mol. The molecule has 1 aromatic carbocycles. The number of benzene rings is 1. The number of likely N-dealkylation sites (N-methyl/N-ethyl adjacent to an activating group) is 1. The van der Waals surface area contributed by atoms with Crippen molar-refractivity contribution in [3.8, 4) is 5.75 Å². The van der Waals surface area contributed by atoms with Gasteiger partial charge >= 0.3 is 0 Å². The first-order valence-corrected chi connectivity index (χ1v) is 9.46. The van der Waals surface area contributed by atoms with E-state index in [-0.39, 0.29) is 11.8 Å². The predicted octanol–water partition coefficient (Wildman–Crippen LogP) is 1.64. The summed E-state index contributed by atoms with van der Waals surface area (Å²) in [7, 11) is 2.15. The number of rotatable bonds is 6. The van der Waals surface area contributed by atoms with E-state index in [9.17, 15) is 9.59 Å². The number of piperazine rings is 1. The van der Waals surface area contributed by atoms with Crippen LogP contribution in [0.3, 0.4) is 0 Å². The maximum absolute atomic E-state index is 12.2. The Morgan fingerprint density at radius 2 is 2.00 bits per heavy atom. The monoisotopic (exact) mass is 369 g/mol. The van der Waals surface area contributed by atoms with Crippen molar-refractivity contribution in [2.75, 3.05) is 52.9 Å². The van der Waals surface area contributed by atoms with Crippen LogP contribution in [-0.2, 0) is 9.59 Å². The maximum Gasteiger partial charge on any atom is 0.253 e. The van der Waals surface area contributed by atoms with E-state index in [1.54, 1.807) is 12.2 Å². The van der Waals surface area contributed by atoms with Crippen LogP contribution in [0, 0.1) is 0 Å². The molecule has 6 heteroatoms. The Morgan fingerprint density at radius 1 is 1.19 bits per heavy atom. The number of hydrogen-bond acceptors (Lipinski definition) is 5. The summed E-state index contributed by atoms with van der Waals surface area (Å²) in [5.74, 6) is 0.248. The Hall–Kier alpha value is -2.44. The lowest BCUT2D eigenvalue weighted by molar-refractivity contribution is -0.139. The molecule has 0 atom stereocenters. The van der Waals surface area contributed by atoms with Crippen LogP contribution in [0.1, 0.15) is 12.0 Å². The molecule has 0 saturated carbocycles. The Labute approximate surface area is 160 Å². The number of nitrogens with zero attached hydrogens (tertiary/aromatic N) is 3. The first kappa shape index (κ1) is 19.3. The van der Waals surface area contributed by atoms with Crippen LogP contribution < -0.4 is 4.74 Å². The second-order valence-corrected chi connectivity index (χ2v) is 6.92. The van der Waals surface area contributed by atoms with Gasteiger partial charge in [-0.05, 0) is 43.3 Å². The zero-order chi connectivity index (χ0) is 19.1. The molecule has 0 spiro atoms. The van der Waals surface area contributed by atoms with Crippen molar-refractivity contribution in [2.24, 2.45) is 0 Å². The summed E-state index contributed by atoms with van der Waals surface area (Å²) in [5.41, 5.74) is 0.875. The van der Waals surface area contributed by atoms with Crippen molar-refractivity contribution in [3.63, 3.8) is 0 Å². The van der Waals surface area contributed by atoms with E-state index >= 15 is 0 Å². The molecule has 144 valence electrons. The number of carbonyl (C=O) groups excluding carboxylic acids is 2. The second-order valence-electron chi connectivity index (χ2n) is 6.92. The Balaban J connectivity index is 1.49. The highest BCUT2D eigenvalue weighted by Gasteiger charge is 2.18. The largest absolute Gasteiger partial charge is 0.492 e. The van der Waals surface area contributed by atoms with E-state index in [0.717, 1.165) is 44.0 Å². The van der Waals surface area contributed by atoms with E-state index in [1.165, 1.54) is 17.1 Å². The van der Waals surface area contributed by atoms with Crippen molar-refractivity contribution in [1.29, 1.82) is 0 Å². The summed E-state index contributed by atoms with van der Waals surface area (Å²) in [6, 6.07) is 7.65. The quantitative estimate of drug-likeness (QED) is 0.714. The molecule has 1 saturated heterocycles. The normalized spacial score (nSPS) is 19.0. The summed E-state index contributed by atoms with van der Waals surface area (Å²) in [5, 5.41) is 0. The van der Waals surface area contributed by atoms with Gasteiger partial charge in [0.05, 0.1) is 0 Å². The third-order valence-corrected chi connectivity index (χ3v) is 4.86. The maximum atomic E-state index is 12.2. The fraction of sp³-hybridized carbons (Fsp3) is 0.429. The molecule has 0 radical (unpaired) electrons. The molecule has 2 aliphatic heterocycles. The van der Waals surface area contributed by atoms with Crippen molar-refractivity contribution >= 4 is 17.9 Å². The van der Waals surface area contributed by atoms with Crippen molar-refractivity contribution in [2.45, 2.75) is 6.42 Å². The van der Waals surface area contributed by atoms with E-state index in [4.69, 9.17) is 4.74 Å². The van der Waals surface area contributed by atoms with Crippen molar-refractivity contribution in [1.82, 2.24) is 14.7 Å². The van der Waals surface area contributed by atoms with Crippen LogP contribution in [0.5, 0.6) is 5.75 Å². The predicted molar refractivity (Wildman–Crippen MR) is 105 cm³/mol. The standard InChI is InChI=1S/C21H27N3O3/c1-22-11-13-23(14-12-22)15-16-27-19-6-4-5-18(17-19)8-9-21(26)24-10-3-2-7-20(24)25/h2,4-9,17H,3,10-16H2,1H3/b9-8+. The van der Waals surface area contributed by atoms with E-state index < -0.39 is 0 Å². The molecular weight excluding hydrogens is 342 g/mol. The van der Waals surface area contributed by atoms with Gasteiger partial charge < -0.3 is 9.64 Å². The van der Waals surface area contributed by atoms with Crippen molar-refractivity contribution < 1.29 is 14.3 Å². The Bertz CT molecular complexity index is 721. The topological polar surface area (TPSA) is 53.1 Å². The number of ether oxygens (including phenoxy) is 1. The molecule has 27 heavy (non-hydrogen) atoms. The number of imide groups is 1. The van der Waals surface area contributed by atoms with Crippen LogP contribution in [0.25, 0.3) is 6.08 Å². The molecule has 6 nitrogen and oxygen atoms in total. The third kappa shape index (κ3) is 5.77. The van der Waals surface area contributed by atoms with Crippen LogP contribution in [0.4, 0.5) is 0 Å². The van der Waals surface area contributed by atoms with Gasteiger partial charge in [0.1, 0.15) is 12.4 Å². The molecule has 0 bridgehead atoms. The minimum absolute atomic E-state index is 0.253. The minimum atomic E-state index is -0.286. The second kappa shape index (κ2) is 9.48. The zero-order valence-electron chi connectivity index (χ0n) is 15.8. The number of amides is 2. The zero-order valence-corrected chi connectivity index (χ0v) is 15.8. The van der Waals surface area contributed by atoms with Gasteiger partial charge in [-0.25, -0.2) is 0 Å². The van der Waals surface area contributed by atoms with Crippen molar-refractivity contribution in [3.05, 3.63) is 48.1 Å². The highest BCUT2D eigenvalue weighted by atomic mass is 16.5. The van der Waals surface area contributed by atoms with E-state index in [1.807, 2.05) is 24.3 Å². The average Bonchev–Trinajstić information content (AvgIpc) is 2.68. The molecule has 0 aromatic heterocycles. The van der Waals surface area contributed by atoms with Gasteiger partial charge in [0.2, 0.25) is 0 Å². The van der Waals surface area contributed by atoms with Crippen LogP contribution >= 0.6 is 0 Å². The lowest BCUT2D eigenvalue weighted by atomic mass is 10.2. The van der Waals surface area contributed by atoms with Gasteiger partial charge in [0.25, 0.3) is 11.8 Å². The summed E-state index contributed by atoms with van der Waals surface area (Å²) in [4.78, 5) is 29.9. The fourth-order valence-electron chi connectivity index (χ4n) is 3.14.